The molecule has 0 N–H and O–H groups in total. The highest BCUT2D eigenvalue weighted by molar-refractivity contribution is 6.13. The number of rotatable bonds is 5. The van der Waals surface area contributed by atoms with Crippen molar-refractivity contribution in [2.24, 2.45) is 0 Å². The van der Waals surface area contributed by atoms with Gasteiger partial charge >= 0.3 is 0 Å². The van der Waals surface area contributed by atoms with E-state index in [2.05, 4.69) is 95.6 Å². The lowest BCUT2D eigenvalue weighted by molar-refractivity contribution is 0.669. The van der Waals surface area contributed by atoms with Gasteiger partial charge in [0.1, 0.15) is 11.2 Å². The van der Waals surface area contributed by atoms with E-state index in [9.17, 15) is 0 Å². The van der Waals surface area contributed by atoms with Crippen LogP contribution < -0.4 is 0 Å². The second kappa shape index (κ2) is 11.4. The summed E-state index contributed by atoms with van der Waals surface area (Å²) in [6.45, 7) is 0. The zero-order valence-electron chi connectivity index (χ0n) is 26.9. The van der Waals surface area contributed by atoms with Gasteiger partial charge in [0.2, 0.25) is 5.95 Å². The van der Waals surface area contributed by atoms with Gasteiger partial charge in [0.15, 0.2) is 11.6 Å². The molecule has 234 valence electrons. The molecule has 0 radical (unpaired) electrons. The monoisotopic (exact) mass is 640 g/mol. The van der Waals surface area contributed by atoms with Gasteiger partial charge in [-0.1, -0.05) is 146 Å². The lowest BCUT2D eigenvalue weighted by atomic mass is 9.96. The maximum absolute atomic E-state index is 6.17. The second-order valence-electron chi connectivity index (χ2n) is 12.5. The summed E-state index contributed by atoms with van der Waals surface area (Å²) in [5.41, 5.74) is 10.3. The minimum Gasteiger partial charge on any atom is -0.456 e. The molecule has 5 nitrogen and oxygen atoms in total. The average molecular weight is 641 g/mol. The minimum atomic E-state index is 0.580. The Hall–Kier alpha value is -6.85. The van der Waals surface area contributed by atoms with Crippen LogP contribution in [0.5, 0.6) is 0 Å². The molecule has 10 aromatic rings. The van der Waals surface area contributed by atoms with Crippen molar-refractivity contribution < 1.29 is 4.42 Å². The van der Waals surface area contributed by atoms with Gasteiger partial charge in [0.25, 0.3) is 0 Å². The average Bonchev–Trinajstić information content (AvgIpc) is 3.74. The van der Waals surface area contributed by atoms with E-state index < -0.39 is 0 Å². The predicted molar refractivity (Wildman–Crippen MR) is 203 cm³/mol. The summed E-state index contributed by atoms with van der Waals surface area (Å²) in [5, 5.41) is 4.56. The van der Waals surface area contributed by atoms with E-state index in [0.717, 1.165) is 77.1 Å². The molecule has 5 heteroatoms. The van der Waals surface area contributed by atoms with Gasteiger partial charge in [-0.15, -0.1) is 0 Å². The number of aromatic nitrogens is 4. The van der Waals surface area contributed by atoms with Gasteiger partial charge in [0, 0.05) is 32.7 Å². The van der Waals surface area contributed by atoms with Crippen LogP contribution in [0.25, 0.3) is 94.7 Å². The molecular weight excluding hydrogens is 613 g/mol. The number of fused-ring (bicyclic) bond motifs is 6. The van der Waals surface area contributed by atoms with Crippen LogP contribution in [0.15, 0.2) is 174 Å². The molecule has 7 aromatic carbocycles. The van der Waals surface area contributed by atoms with Crippen molar-refractivity contribution in [1.29, 1.82) is 0 Å². The number of nitrogens with zero attached hydrogens (tertiary/aromatic N) is 4. The number of hydrogen-bond donors (Lipinski definition) is 0. The van der Waals surface area contributed by atoms with E-state index in [0.29, 0.717) is 17.6 Å². The molecule has 0 unspecified atom stereocenters. The molecule has 3 heterocycles. The third-order valence-corrected chi connectivity index (χ3v) is 9.49. The molecule has 3 aromatic heterocycles. The molecule has 0 bridgehead atoms. The van der Waals surface area contributed by atoms with Gasteiger partial charge < -0.3 is 4.42 Å². The van der Waals surface area contributed by atoms with Gasteiger partial charge in [-0.3, -0.25) is 4.57 Å². The first-order valence-corrected chi connectivity index (χ1v) is 16.7. The Kier molecular flexibility index (Phi) is 6.42. The van der Waals surface area contributed by atoms with Gasteiger partial charge in [-0.2, -0.15) is 9.97 Å². The topological polar surface area (TPSA) is 56.7 Å². The summed E-state index contributed by atoms with van der Waals surface area (Å²) in [6, 6.07) is 58.7. The predicted octanol–water partition coefficient (Wildman–Crippen LogP) is 11.5. The zero-order chi connectivity index (χ0) is 33.0. The number of benzene rings is 7. The summed E-state index contributed by atoms with van der Waals surface area (Å²) in [4.78, 5) is 15.1. The van der Waals surface area contributed by atoms with E-state index in [1.165, 1.54) is 0 Å². The van der Waals surface area contributed by atoms with Crippen molar-refractivity contribution >= 4 is 43.7 Å². The summed E-state index contributed by atoms with van der Waals surface area (Å²) < 4.78 is 8.34. The van der Waals surface area contributed by atoms with E-state index in [1.807, 2.05) is 78.9 Å². The molecule has 0 amide bonds. The first-order chi connectivity index (χ1) is 24.8. The van der Waals surface area contributed by atoms with Crippen molar-refractivity contribution in [2.75, 3.05) is 0 Å². The number of para-hydroxylation sites is 2. The van der Waals surface area contributed by atoms with Crippen molar-refractivity contribution in [1.82, 2.24) is 19.5 Å². The smallest absolute Gasteiger partial charge is 0.238 e. The summed E-state index contributed by atoms with van der Waals surface area (Å²) in [5.74, 6) is 1.84. The lowest BCUT2D eigenvalue weighted by Gasteiger charge is -2.11. The fourth-order valence-corrected chi connectivity index (χ4v) is 7.12. The summed E-state index contributed by atoms with van der Waals surface area (Å²) in [6.07, 6.45) is 0. The quantitative estimate of drug-likeness (QED) is 0.188. The normalized spacial score (nSPS) is 11.6. The van der Waals surface area contributed by atoms with Crippen LogP contribution in [0.2, 0.25) is 0 Å². The molecule has 0 saturated heterocycles. The Balaban J connectivity index is 1.14. The van der Waals surface area contributed by atoms with Crippen molar-refractivity contribution in [3.05, 3.63) is 170 Å². The van der Waals surface area contributed by atoms with E-state index in [1.54, 1.807) is 0 Å². The minimum absolute atomic E-state index is 0.580. The van der Waals surface area contributed by atoms with Crippen LogP contribution in [0.1, 0.15) is 0 Å². The largest absolute Gasteiger partial charge is 0.456 e. The van der Waals surface area contributed by atoms with Crippen LogP contribution in [-0.2, 0) is 0 Å². The third-order valence-electron chi connectivity index (χ3n) is 9.49. The highest BCUT2D eigenvalue weighted by atomic mass is 16.3. The molecule has 0 aliphatic heterocycles. The Morgan fingerprint density at radius 1 is 0.380 bits per heavy atom. The molecule has 0 atom stereocenters. The van der Waals surface area contributed by atoms with Gasteiger partial charge in [-0.05, 0) is 46.5 Å². The summed E-state index contributed by atoms with van der Waals surface area (Å²) in [7, 11) is 0. The maximum Gasteiger partial charge on any atom is 0.238 e. The number of hydrogen-bond acceptors (Lipinski definition) is 4. The van der Waals surface area contributed by atoms with Crippen molar-refractivity contribution in [2.45, 2.75) is 0 Å². The Morgan fingerprint density at radius 3 is 1.70 bits per heavy atom. The molecule has 0 fully saturated rings. The van der Waals surface area contributed by atoms with Crippen molar-refractivity contribution in [3.63, 3.8) is 0 Å². The van der Waals surface area contributed by atoms with Crippen LogP contribution in [-0.4, -0.2) is 19.5 Å². The van der Waals surface area contributed by atoms with Crippen LogP contribution in [0.4, 0.5) is 0 Å². The summed E-state index contributed by atoms with van der Waals surface area (Å²) >= 11 is 0. The van der Waals surface area contributed by atoms with Crippen molar-refractivity contribution in [3.8, 4) is 51.0 Å². The maximum atomic E-state index is 6.17. The number of furan rings is 1. The van der Waals surface area contributed by atoms with Crippen LogP contribution in [0, 0.1) is 0 Å². The van der Waals surface area contributed by atoms with Gasteiger partial charge in [-0.25, -0.2) is 4.98 Å². The molecule has 0 spiro atoms. The molecule has 0 aliphatic rings. The molecule has 0 aliphatic carbocycles. The standard InChI is InChI=1S/C45H28N4O/c1-3-12-31(13-4-1)43-46-44(32-14-5-2-6-15-32)48-45(47-43)49-38-19-9-7-16-35(38)36-27-26-33(28-39(36)49)29-22-24-30(25-23-29)34-18-11-21-41-42(34)37-17-8-10-20-40(37)50-41/h1-28H. The molecule has 50 heavy (non-hydrogen) atoms. The Labute approximate surface area is 287 Å². The van der Waals surface area contributed by atoms with Gasteiger partial charge in [0.05, 0.1) is 11.0 Å². The second-order valence-corrected chi connectivity index (χ2v) is 12.5. The molecule has 0 saturated carbocycles. The molecule has 10 rings (SSSR count). The van der Waals surface area contributed by atoms with Crippen LogP contribution in [0.3, 0.4) is 0 Å². The zero-order valence-corrected chi connectivity index (χ0v) is 26.9. The fourth-order valence-electron chi connectivity index (χ4n) is 7.12. The first-order valence-electron chi connectivity index (χ1n) is 16.7. The highest BCUT2D eigenvalue weighted by Crippen LogP contribution is 2.38. The Bertz CT molecular complexity index is 2800. The van der Waals surface area contributed by atoms with E-state index >= 15 is 0 Å². The Morgan fingerprint density at radius 2 is 0.960 bits per heavy atom. The highest BCUT2D eigenvalue weighted by Gasteiger charge is 2.19. The lowest BCUT2D eigenvalue weighted by Crippen LogP contribution is -2.06. The SMILES string of the molecule is c1ccc(-c2nc(-c3ccccc3)nc(-n3c4ccccc4c4ccc(-c5ccc(-c6cccc7oc8ccccc8c67)cc5)cc43)n2)cc1. The van der Waals surface area contributed by atoms with E-state index in [-0.39, 0.29) is 0 Å². The van der Waals surface area contributed by atoms with Crippen LogP contribution >= 0.6 is 0 Å². The third kappa shape index (κ3) is 4.60. The van der Waals surface area contributed by atoms with E-state index in [4.69, 9.17) is 19.4 Å². The first kappa shape index (κ1) is 28.2. The molecular formula is C45H28N4O. The fraction of sp³-hybridized carbons (Fsp3) is 0.